The van der Waals surface area contributed by atoms with Gasteiger partial charge in [-0.3, -0.25) is 4.98 Å². The molecule has 1 aliphatic heterocycles. The molecule has 0 saturated carbocycles. The Kier molecular flexibility index (Phi) is 3.97. The van der Waals surface area contributed by atoms with Crippen LogP contribution >= 0.6 is 12.2 Å². The topological polar surface area (TPSA) is 33.1 Å². The van der Waals surface area contributed by atoms with Gasteiger partial charge in [0.1, 0.15) is 5.82 Å². The molecule has 4 nitrogen and oxygen atoms in total. The van der Waals surface area contributed by atoms with Crippen molar-refractivity contribution in [1.29, 1.82) is 0 Å². The maximum atomic E-state index is 14.5. The number of hydrogen-bond donors (Lipinski definition) is 1. The lowest BCUT2D eigenvalue weighted by Gasteiger charge is -2.27. The van der Waals surface area contributed by atoms with Crippen LogP contribution in [0.2, 0.25) is 0 Å². The van der Waals surface area contributed by atoms with Gasteiger partial charge < -0.3 is 14.8 Å². The highest BCUT2D eigenvalue weighted by Crippen LogP contribution is 2.42. The first-order valence-corrected chi connectivity index (χ1v) is 8.43. The smallest absolute Gasteiger partial charge is 0.174 e. The molecule has 1 fully saturated rings. The number of nitrogens with one attached hydrogen (secondary N) is 1. The van der Waals surface area contributed by atoms with Crippen molar-refractivity contribution in [3.8, 4) is 0 Å². The van der Waals surface area contributed by atoms with E-state index in [1.807, 2.05) is 59.2 Å². The number of benzene rings is 1. The molecule has 4 rings (SSSR count). The Morgan fingerprint density at radius 2 is 1.92 bits per heavy atom. The van der Waals surface area contributed by atoms with Crippen molar-refractivity contribution >= 4 is 23.0 Å². The van der Waals surface area contributed by atoms with Crippen LogP contribution in [0.4, 0.5) is 10.1 Å². The van der Waals surface area contributed by atoms with E-state index in [4.69, 9.17) is 12.2 Å². The molecule has 6 heteroatoms. The number of aromatic nitrogens is 2. The van der Waals surface area contributed by atoms with Gasteiger partial charge in [0, 0.05) is 25.6 Å². The van der Waals surface area contributed by atoms with Gasteiger partial charge in [0.2, 0.25) is 0 Å². The molecule has 1 N–H and O–H groups in total. The maximum absolute atomic E-state index is 14.5. The Balaban J connectivity index is 1.85. The molecule has 0 spiro atoms. The SMILES string of the molecule is Cn1ccc(C2C(c3ccccn3)NC(=S)N2c2ccccc2F)c1. The normalized spacial score (nSPS) is 19.9. The third-order valence-electron chi connectivity index (χ3n) is 4.41. The number of aryl methyl sites for hydroxylation is 1. The predicted octanol–water partition coefficient (Wildman–Crippen LogP) is 3.74. The molecule has 126 valence electrons. The quantitative estimate of drug-likeness (QED) is 0.728. The minimum atomic E-state index is -0.297. The van der Waals surface area contributed by atoms with Crippen LogP contribution in [0.5, 0.6) is 0 Å². The first kappa shape index (κ1) is 15.8. The van der Waals surface area contributed by atoms with Crippen LogP contribution in [0.3, 0.4) is 0 Å². The molecule has 2 unspecified atom stereocenters. The third kappa shape index (κ3) is 2.78. The van der Waals surface area contributed by atoms with Crippen LogP contribution < -0.4 is 10.2 Å². The standard InChI is InChI=1S/C19H17FN4S/c1-23-11-9-13(12-23)18-17(15-7-4-5-10-21-15)22-19(25)24(18)16-8-3-2-6-14(16)20/h2-12,17-18H,1H3,(H,22,25). The van der Waals surface area contributed by atoms with Crippen molar-refractivity contribution in [3.63, 3.8) is 0 Å². The van der Waals surface area contributed by atoms with Crippen LogP contribution in [0, 0.1) is 5.82 Å². The van der Waals surface area contributed by atoms with Gasteiger partial charge in [-0.2, -0.15) is 0 Å². The first-order chi connectivity index (χ1) is 12.1. The summed E-state index contributed by atoms with van der Waals surface area (Å²) in [6.45, 7) is 0. The number of anilines is 1. The summed E-state index contributed by atoms with van der Waals surface area (Å²) >= 11 is 5.56. The zero-order valence-electron chi connectivity index (χ0n) is 13.6. The zero-order chi connectivity index (χ0) is 17.4. The highest BCUT2D eigenvalue weighted by molar-refractivity contribution is 7.80. The number of hydrogen-bond acceptors (Lipinski definition) is 2. The van der Waals surface area contributed by atoms with Gasteiger partial charge in [0.05, 0.1) is 23.5 Å². The highest BCUT2D eigenvalue weighted by atomic mass is 32.1. The molecule has 2 aromatic heterocycles. The largest absolute Gasteiger partial charge is 0.357 e. The number of thiocarbonyl (C=S) groups is 1. The summed E-state index contributed by atoms with van der Waals surface area (Å²) < 4.78 is 16.5. The van der Waals surface area contributed by atoms with Gasteiger partial charge in [0.25, 0.3) is 0 Å². The molecule has 0 bridgehead atoms. The minimum absolute atomic E-state index is 0.157. The molecular formula is C19H17FN4S. The van der Waals surface area contributed by atoms with Crippen LogP contribution in [0.15, 0.2) is 67.1 Å². The average molecular weight is 352 g/mol. The van der Waals surface area contributed by atoms with Crippen LogP contribution in [0.25, 0.3) is 0 Å². The van der Waals surface area contributed by atoms with E-state index in [-0.39, 0.29) is 17.9 Å². The second-order valence-corrected chi connectivity index (χ2v) is 6.45. The molecule has 1 saturated heterocycles. The molecule has 1 aliphatic rings. The zero-order valence-corrected chi connectivity index (χ0v) is 14.4. The molecule has 0 amide bonds. The Morgan fingerprint density at radius 1 is 1.12 bits per heavy atom. The van der Waals surface area contributed by atoms with Crippen LogP contribution in [-0.4, -0.2) is 14.7 Å². The van der Waals surface area contributed by atoms with Crippen LogP contribution in [0.1, 0.15) is 23.3 Å². The molecule has 3 aromatic rings. The van der Waals surface area contributed by atoms with E-state index < -0.39 is 0 Å². The van der Waals surface area contributed by atoms with Crippen molar-refractivity contribution in [2.75, 3.05) is 4.90 Å². The summed E-state index contributed by atoms with van der Waals surface area (Å²) in [5.74, 6) is -0.297. The molecule has 0 aliphatic carbocycles. The van der Waals surface area contributed by atoms with Crippen molar-refractivity contribution in [1.82, 2.24) is 14.9 Å². The average Bonchev–Trinajstić information content (AvgIpc) is 3.19. The lowest BCUT2D eigenvalue weighted by molar-refractivity contribution is 0.558. The molecular weight excluding hydrogens is 335 g/mol. The lowest BCUT2D eigenvalue weighted by atomic mass is 9.98. The molecule has 0 radical (unpaired) electrons. The van der Waals surface area contributed by atoms with Crippen molar-refractivity contribution in [2.45, 2.75) is 12.1 Å². The summed E-state index contributed by atoms with van der Waals surface area (Å²) in [6.07, 6.45) is 5.77. The summed E-state index contributed by atoms with van der Waals surface area (Å²) in [7, 11) is 1.97. The second-order valence-electron chi connectivity index (χ2n) is 6.06. The monoisotopic (exact) mass is 352 g/mol. The fourth-order valence-electron chi connectivity index (χ4n) is 3.30. The van der Waals surface area contributed by atoms with Crippen molar-refractivity contribution in [2.24, 2.45) is 7.05 Å². The van der Waals surface area contributed by atoms with Crippen molar-refractivity contribution < 1.29 is 4.39 Å². The fraction of sp³-hybridized carbons (Fsp3) is 0.158. The van der Waals surface area contributed by atoms with Crippen molar-refractivity contribution in [3.05, 3.63) is 84.2 Å². The predicted molar refractivity (Wildman–Crippen MR) is 99.7 cm³/mol. The minimum Gasteiger partial charge on any atom is -0.357 e. The van der Waals surface area contributed by atoms with E-state index in [2.05, 4.69) is 10.3 Å². The lowest BCUT2D eigenvalue weighted by Crippen LogP contribution is -2.30. The van der Waals surface area contributed by atoms with Gasteiger partial charge >= 0.3 is 0 Å². The van der Waals surface area contributed by atoms with Gasteiger partial charge in [-0.05, 0) is 48.1 Å². The van der Waals surface area contributed by atoms with Gasteiger partial charge in [0.15, 0.2) is 5.11 Å². The maximum Gasteiger partial charge on any atom is 0.174 e. The molecule has 2 atom stereocenters. The number of para-hydroxylation sites is 1. The fourth-order valence-corrected chi connectivity index (χ4v) is 3.64. The summed E-state index contributed by atoms with van der Waals surface area (Å²) in [5.41, 5.74) is 2.39. The Hall–Kier alpha value is -2.73. The number of pyridine rings is 1. The number of halogens is 1. The van der Waals surface area contributed by atoms with Gasteiger partial charge in [-0.1, -0.05) is 18.2 Å². The van der Waals surface area contributed by atoms with E-state index in [1.54, 1.807) is 18.3 Å². The number of nitrogens with zero attached hydrogens (tertiary/aromatic N) is 3. The number of rotatable bonds is 3. The van der Waals surface area contributed by atoms with Crippen LogP contribution in [-0.2, 0) is 7.05 Å². The van der Waals surface area contributed by atoms with E-state index >= 15 is 0 Å². The summed E-state index contributed by atoms with van der Waals surface area (Å²) in [6, 6.07) is 14.2. The van der Waals surface area contributed by atoms with E-state index in [9.17, 15) is 4.39 Å². The Labute approximate surface area is 150 Å². The molecule has 3 heterocycles. The second kappa shape index (κ2) is 6.29. The third-order valence-corrected chi connectivity index (χ3v) is 4.72. The molecule has 25 heavy (non-hydrogen) atoms. The highest BCUT2D eigenvalue weighted by Gasteiger charge is 2.41. The summed E-state index contributed by atoms with van der Waals surface area (Å²) in [4.78, 5) is 6.33. The molecule has 1 aromatic carbocycles. The van der Waals surface area contributed by atoms with E-state index in [1.165, 1.54) is 6.07 Å². The van der Waals surface area contributed by atoms with E-state index in [0.717, 1.165) is 11.3 Å². The Morgan fingerprint density at radius 3 is 2.60 bits per heavy atom. The van der Waals surface area contributed by atoms with Gasteiger partial charge in [-0.25, -0.2) is 4.39 Å². The van der Waals surface area contributed by atoms with Gasteiger partial charge in [-0.15, -0.1) is 0 Å². The Bertz CT molecular complexity index is 909. The summed E-state index contributed by atoms with van der Waals surface area (Å²) in [5, 5.41) is 3.82. The first-order valence-electron chi connectivity index (χ1n) is 8.02. The van der Waals surface area contributed by atoms with E-state index in [0.29, 0.717) is 10.8 Å².